The molecule has 1 fully saturated rings. The number of nitrogens with zero attached hydrogens (tertiary/aromatic N) is 2. The summed E-state index contributed by atoms with van der Waals surface area (Å²) in [6.45, 7) is 0. The fourth-order valence-corrected chi connectivity index (χ4v) is 2.30. The Morgan fingerprint density at radius 3 is 2.86 bits per heavy atom. The molecule has 5 heteroatoms. The normalized spacial score (nSPS) is 15.3. The van der Waals surface area contributed by atoms with Gasteiger partial charge in [0.2, 0.25) is 0 Å². The van der Waals surface area contributed by atoms with Crippen LogP contribution in [0.2, 0.25) is 0 Å². The zero-order valence-corrected chi connectivity index (χ0v) is 12.2. The third-order valence-electron chi connectivity index (χ3n) is 3.79. The van der Waals surface area contributed by atoms with Gasteiger partial charge in [0, 0.05) is 17.8 Å². The maximum Gasteiger partial charge on any atom is 0.291 e. The molecule has 1 heterocycles. The third kappa shape index (κ3) is 3.49. The number of carbonyl (C=O) groups excluding carboxylic acids is 1. The molecule has 1 aromatic heterocycles. The molecular formula is C17H18N4O. The second-order valence-corrected chi connectivity index (χ2v) is 5.33. The van der Waals surface area contributed by atoms with Crippen molar-refractivity contribution in [2.75, 3.05) is 0 Å². The molecular weight excluding hydrogens is 276 g/mol. The standard InChI is InChI=1S/C17H18N4O/c22-17(16-12-15(19-20-16)14-9-4-10-14)21-18-11-5-8-13-6-2-1-3-7-13/h1-3,5-8,11-12,14H,4,9-10H2,(H,19,20)(H,21,22)/b8-5+,18-11+. The van der Waals surface area contributed by atoms with Crippen molar-refractivity contribution >= 4 is 18.2 Å². The predicted molar refractivity (Wildman–Crippen MR) is 86.6 cm³/mol. The number of carbonyl (C=O) groups is 1. The Kier molecular flexibility index (Phi) is 4.44. The Hall–Kier alpha value is -2.69. The van der Waals surface area contributed by atoms with Crippen LogP contribution in [0.4, 0.5) is 0 Å². The summed E-state index contributed by atoms with van der Waals surface area (Å²) in [7, 11) is 0. The fraction of sp³-hybridized carbons (Fsp3) is 0.235. The van der Waals surface area contributed by atoms with Crippen LogP contribution in [0.1, 0.15) is 46.9 Å². The van der Waals surface area contributed by atoms with Crippen molar-refractivity contribution in [1.82, 2.24) is 15.6 Å². The molecule has 22 heavy (non-hydrogen) atoms. The van der Waals surface area contributed by atoms with Crippen molar-refractivity contribution in [2.24, 2.45) is 5.10 Å². The van der Waals surface area contributed by atoms with Crippen LogP contribution in [-0.4, -0.2) is 22.3 Å². The fourth-order valence-electron chi connectivity index (χ4n) is 2.30. The van der Waals surface area contributed by atoms with E-state index in [1.54, 1.807) is 12.3 Å². The van der Waals surface area contributed by atoms with Crippen molar-refractivity contribution in [1.29, 1.82) is 0 Å². The van der Waals surface area contributed by atoms with E-state index in [0.717, 1.165) is 11.3 Å². The molecule has 0 spiro atoms. The number of hydrogen-bond donors (Lipinski definition) is 2. The van der Waals surface area contributed by atoms with Gasteiger partial charge in [-0.1, -0.05) is 42.8 Å². The van der Waals surface area contributed by atoms with Crippen LogP contribution in [0.15, 0.2) is 47.6 Å². The van der Waals surface area contributed by atoms with Gasteiger partial charge in [-0.3, -0.25) is 9.89 Å². The molecule has 2 N–H and O–H groups in total. The number of allylic oxidation sites excluding steroid dienone is 1. The molecule has 112 valence electrons. The van der Waals surface area contributed by atoms with E-state index in [1.165, 1.54) is 19.3 Å². The number of aromatic nitrogens is 2. The Bertz CT molecular complexity index is 684. The van der Waals surface area contributed by atoms with Gasteiger partial charge in [-0.25, -0.2) is 5.43 Å². The highest BCUT2D eigenvalue weighted by Gasteiger charge is 2.22. The van der Waals surface area contributed by atoms with Crippen LogP contribution in [0.3, 0.4) is 0 Å². The summed E-state index contributed by atoms with van der Waals surface area (Å²) in [5.74, 6) is 0.234. The first-order chi connectivity index (χ1) is 10.8. The largest absolute Gasteiger partial charge is 0.291 e. The average molecular weight is 294 g/mol. The summed E-state index contributed by atoms with van der Waals surface area (Å²) in [5, 5.41) is 10.9. The molecule has 0 aliphatic heterocycles. The smallest absolute Gasteiger partial charge is 0.281 e. The average Bonchev–Trinajstić information content (AvgIpc) is 2.95. The van der Waals surface area contributed by atoms with Crippen molar-refractivity contribution in [2.45, 2.75) is 25.2 Å². The van der Waals surface area contributed by atoms with E-state index >= 15 is 0 Å². The number of H-pyrrole nitrogens is 1. The van der Waals surface area contributed by atoms with Crippen molar-refractivity contribution < 1.29 is 4.79 Å². The van der Waals surface area contributed by atoms with Crippen LogP contribution in [0.25, 0.3) is 6.08 Å². The van der Waals surface area contributed by atoms with Crippen LogP contribution >= 0.6 is 0 Å². The van der Waals surface area contributed by atoms with Gasteiger partial charge in [-0.05, 0) is 30.5 Å². The van der Waals surface area contributed by atoms with Crippen molar-refractivity contribution in [3.8, 4) is 0 Å². The quantitative estimate of drug-likeness (QED) is 0.657. The van der Waals surface area contributed by atoms with Gasteiger partial charge < -0.3 is 0 Å². The Morgan fingerprint density at radius 2 is 2.14 bits per heavy atom. The number of hydrazone groups is 1. The van der Waals surface area contributed by atoms with E-state index in [2.05, 4.69) is 20.7 Å². The molecule has 1 saturated carbocycles. The number of aromatic amines is 1. The lowest BCUT2D eigenvalue weighted by atomic mass is 9.83. The Balaban J connectivity index is 1.50. The number of benzene rings is 1. The molecule has 0 bridgehead atoms. The lowest BCUT2D eigenvalue weighted by Gasteiger charge is -2.23. The first-order valence-electron chi connectivity index (χ1n) is 7.43. The number of amides is 1. The lowest BCUT2D eigenvalue weighted by Crippen LogP contribution is -2.17. The summed E-state index contributed by atoms with van der Waals surface area (Å²) >= 11 is 0. The molecule has 0 atom stereocenters. The van der Waals surface area contributed by atoms with Crippen molar-refractivity contribution in [3.05, 3.63) is 59.4 Å². The van der Waals surface area contributed by atoms with E-state index in [1.807, 2.05) is 42.5 Å². The predicted octanol–water partition coefficient (Wildman–Crippen LogP) is 3.11. The summed E-state index contributed by atoms with van der Waals surface area (Å²) in [6.07, 6.45) is 8.84. The van der Waals surface area contributed by atoms with Crippen LogP contribution in [0.5, 0.6) is 0 Å². The first kappa shape index (κ1) is 14.3. The lowest BCUT2D eigenvalue weighted by molar-refractivity contribution is 0.0950. The highest BCUT2D eigenvalue weighted by atomic mass is 16.2. The highest BCUT2D eigenvalue weighted by Crippen LogP contribution is 2.35. The van der Waals surface area contributed by atoms with E-state index in [9.17, 15) is 4.79 Å². The SMILES string of the molecule is O=C(N/N=C/C=C/c1ccccc1)c1cc(C2CCC2)[nH]n1. The maximum absolute atomic E-state index is 11.9. The van der Waals surface area contributed by atoms with Gasteiger partial charge in [-0.2, -0.15) is 10.2 Å². The van der Waals surface area contributed by atoms with E-state index in [4.69, 9.17) is 0 Å². The first-order valence-corrected chi connectivity index (χ1v) is 7.43. The molecule has 0 saturated heterocycles. The number of nitrogens with one attached hydrogen (secondary N) is 2. The maximum atomic E-state index is 11.9. The minimum absolute atomic E-state index is 0.300. The van der Waals surface area contributed by atoms with Gasteiger partial charge in [0.15, 0.2) is 5.69 Å². The molecule has 1 aliphatic rings. The second kappa shape index (κ2) is 6.85. The Morgan fingerprint density at radius 1 is 1.32 bits per heavy atom. The van der Waals surface area contributed by atoms with Crippen LogP contribution < -0.4 is 5.43 Å². The van der Waals surface area contributed by atoms with E-state index < -0.39 is 0 Å². The molecule has 2 aromatic rings. The number of hydrogen-bond acceptors (Lipinski definition) is 3. The van der Waals surface area contributed by atoms with Gasteiger partial charge in [0.05, 0.1) is 0 Å². The molecule has 1 aliphatic carbocycles. The zero-order chi connectivity index (χ0) is 15.2. The molecule has 5 nitrogen and oxygen atoms in total. The third-order valence-corrected chi connectivity index (χ3v) is 3.79. The molecule has 3 rings (SSSR count). The highest BCUT2D eigenvalue weighted by molar-refractivity contribution is 5.93. The summed E-state index contributed by atoms with van der Waals surface area (Å²) in [5.41, 5.74) is 4.98. The zero-order valence-electron chi connectivity index (χ0n) is 12.2. The van der Waals surface area contributed by atoms with Gasteiger partial charge >= 0.3 is 0 Å². The second-order valence-electron chi connectivity index (χ2n) is 5.33. The van der Waals surface area contributed by atoms with E-state index in [-0.39, 0.29) is 5.91 Å². The van der Waals surface area contributed by atoms with Gasteiger partial charge in [0.1, 0.15) is 0 Å². The topological polar surface area (TPSA) is 70.1 Å². The molecule has 1 aromatic carbocycles. The van der Waals surface area contributed by atoms with E-state index in [0.29, 0.717) is 11.6 Å². The summed E-state index contributed by atoms with van der Waals surface area (Å²) < 4.78 is 0. The van der Waals surface area contributed by atoms with Crippen LogP contribution in [-0.2, 0) is 0 Å². The molecule has 0 radical (unpaired) electrons. The molecule has 0 unspecified atom stereocenters. The van der Waals surface area contributed by atoms with Gasteiger partial charge in [0.25, 0.3) is 5.91 Å². The minimum Gasteiger partial charge on any atom is -0.281 e. The van der Waals surface area contributed by atoms with Gasteiger partial charge in [-0.15, -0.1) is 0 Å². The number of rotatable bonds is 5. The minimum atomic E-state index is -0.300. The van der Waals surface area contributed by atoms with Crippen molar-refractivity contribution in [3.63, 3.8) is 0 Å². The molecule has 1 amide bonds. The summed E-state index contributed by atoms with van der Waals surface area (Å²) in [6, 6.07) is 11.7. The Labute approximate surface area is 129 Å². The van der Waals surface area contributed by atoms with Crippen LogP contribution in [0, 0.1) is 0 Å². The summed E-state index contributed by atoms with van der Waals surface area (Å²) in [4.78, 5) is 11.9. The monoisotopic (exact) mass is 294 g/mol.